The van der Waals surface area contributed by atoms with Crippen LogP contribution < -0.4 is 11.1 Å². The summed E-state index contributed by atoms with van der Waals surface area (Å²) >= 11 is 0. The van der Waals surface area contributed by atoms with Crippen LogP contribution in [0.25, 0.3) is 0 Å². The summed E-state index contributed by atoms with van der Waals surface area (Å²) in [6, 6.07) is 0.220. The van der Waals surface area contributed by atoms with E-state index in [2.05, 4.69) is 5.32 Å². The molecule has 0 spiro atoms. The number of hydrogen-bond donors (Lipinski definition) is 2. The molecule has 0 aromatic rings. The molecule has 0 aromatic carbocycles. The van der Waals surface area contributed by atoms with Crippen LogP contribution >= 0.6 is 0 Å². The molecule has 1 amide bonds. The molecule has 2 atom stereocenters. The molecule has 0 aromatic heterocycles. The van der Waals surface area contributed by atoms with Gasteiger partial charge < -0.3 is 11.1 Å². The summed E-state index contributed by atoms with van der Waals surface area (Å²) in [5.74, 6) is 0.130. The molecule has 0 heterocycles. The van der Waals surface area contributed by atoms with Gasteiger partial charge in [0.15, 0.2) is 0 Å². The minimum absolute atomic E-state index is 0.130. The predicted molar refractivity (Wildman–Crippen MR) is 44.0 cm³/mol. The summed E-state index contributed by atoms with van der Waals surface area (Å²) in [7, 11) is 1.68. The zero-order chi connectivity index (χ0) is 8.48. The normalized spacial score (nSPS) is 37.2. The van der Waals surface area contributed by atoms with Gasteiger partial charge in [-0.1, -0.05) is 6.92 Å². The number of rotatable bonds is 1. The molecular weight excluding hydrogens is 140 g/mol. The molecule has 3 N–H and O–H groups in total. The monoisotopic (exact) mass is 156 g/mol. The lowest BCUT2D eigenvalue weighted by Gasteiger charge is -2.20. The highest BCUT2D eigenvalue weighted by molar-refractivity contribution is 5.82. The summed E-state index contributed by atoms with van der Waals surface area (Å²) in [4.78, 5) is 11.3. The van der Waals surface area contributed by atoms with Crippen LogP contribution in [0, 0.1) is 5.41 Å². The van der Waals surface area contributed by atoms with Crippen molar-refractivity contribution >= 4 is 5.91 Å². The summed E-state index contributed by atoms with van der Waals surface area (Å²) in [5, 5.41) is 2.67. The Kier molecular flexibility index (Phi) is 2.18. The van der Waals surface area contributed by atoms with Crippen LogP contribution in [0.3, 0.4) is 0 Å². The second-order valence-corrected chi connectivity index (χ2v) is 3.64. The maximum Gasteiger partial charge on any atom is 0.225 e. The van der Waals surface area contributed by atoms with Crippen molar-refractivity contribution in [1.82, 2.24) is 5.32 Å². The molecule has 0 radical (unpaired) electrons. The fourth-order valence-electron chi connectivity index (χ4n) is 1.79. The second kappa shape index (κ2) is 2.81. The van der Waals surface area contributed by atoms with E-state index in [4.69, 9.17) is 5.73 Å². The Morgan fingerprint density at radius 1 is 1.73 bits per heavy atom. The lowest BCUT2D eigenvalue weighted by atomic mass is 9.87. The van der Waals surface area contributed by atoms with Gasteiger partial charge in [0.25, 0.3) is 0 Å². The highest BCUT2D eigenvalue weighted by Gasteiger charge is 2.39. The third kappa shape index (κ3) is 1.53. The molecule has 0 unspecified atom stereocenters. The number of amides is 1. The van der Waals surface area contributed by atoms with Crippen LogP contribution in [0.15, 0.2) is 0 Å². The number of nitrogens with one attached hydrogen (secondary N) is 1. The van der Waals surface area contributed by atoms with Gasteiger partial charge in [-0.2, -0.15) is 0 Å². The Morgan fingerprint density at radius 2 is 2.36 bits per heavy atom. The molecule has 11 heavy (non-hydrogen) atoms. The summed E-state index contributed by atoms with van der Waals surface area (Å²) < 4.78 is 0. The molecule has 0 bridgehead atoms. The van der Waals surface area contributed by atoms with E-state index in [-0.39, 0.29) is 17.4 Å². The highest BCUT2D eigenvalue weighted by atomic mass is 16.2. The van der Waals surface area contributed by atoms with Crippen molar-refractivity contribution in [3.63, 3.8) is 0 Å². The SMILES string of the molecule is CNC(=O)[C@]1(C)CC[C@@H](N)C1. The molecule has 1 saturated carbocycles. The average Bonchev–Trinajstić information content (AvgIpc) is 2.31. The Bertz CT molecular complexity index is 169. The van der Waals surface area contributed by atoms with Crippen LogP contribution in [0.1, 0.15) is 26.2 Å². The van der Waals surface area contributed by atoms with Crippen molar-refractivity contribution in [3.8, 4) is 0 Å². The number of carbonyl (C=O) groups excluding carboxylic acids is 1. The van der Waals surface area contributed by atoms with Crippen molar-refractivity contribution in [2.45, 2.75) is 32.2 Å². The molecule has 3 nitrogen and oxygen atoms in total. The molecule has 3 heteroatoms. The lowest BCUT2D eigenvalue weighted by Crippen LogP contribution is -2.35. The van der Waals surface area contributed by atoms with Gasteiger partial charge in [0.2, 0.25) is 5.91 Å². The van der Waals surface area contributed by atoms with E-state index in [1.165, 1.54) is 0 Å². The van der Waals surface area contributed by atoms with Crippen molar-refractivity contribution in [1.29, 1.82) is 0 Å². The number of hydrogen-bond acceptors (Lipinski definition) is 2. The minimum Gasteiger partial charge on any atom is -0.359 e. The van der Waals surface area contributed by atoms with Gasteiger partial charge in [0, 0.05) is 18.5 Å². The second-order valence-electron chi connectivity index (χ2n) is 3.64. The lowest BCUT2D eigenvalue weighted by molar-refractivity contribution is -0.129. The smallest absolute Gasteiger partial charge is 0.225 e. The van der Waals surface area contributed by atoms with Gasteiger partial charge in [0.1, 0.15) is 0 Å². The number of nitrogens with two attached hydrogens (primary N) is 1. The fraction of sp³-hybridized carbons (Fsp3) is 0.875. The third-order valence-corrected chi connectivity index (χ3v) is 2.55. The van der Waals surface area contributed by atoms with E-state index in [1.807, 2.05) is 6.92 Å². The first-order chi connectivity index (χ1) is 5.08. The third-order valence-electron chi connectivity index (χ3n) is 2.55. The first kappa shape index (κ1) is 8.53. The summed E-state index contributed by atoms with van der Waals surface area (Å²) in [6.07, 6.45) is 2.73. The number of carbonyl (C=O) groups is 1. The van der Waals surface area contributed by atoms with Crippen LogP contribution in [-0.4, -0.2) is 19.0 Å². The van der Waals surface area contributed by atoms with Gasteiger partial charge in [-0.05, 0) is 19.3 Å². The standard InChI is InChI=1S/C8H16N2O/c1-8(7(11)10-2)4-3-6(9)5-8/h6H,3-5,9H2,1-2H3,(H,10,11)/t6-,8-/m1/s1. The van der Waals surface area contributed by atoms with Crippen molar-refractivity contribution in [3.05, 3.63) is 0 Å². The van der Waals surface area contributed by atoms with Gasteiger partial charge in [0.05, 0.1) is 0 Å². The van der Waals surface area contributed by atoms with E-state index < -0.39 is 0 Å². The van der Waals surface area contributed by atoms with Crippen molar-refractivity contribution in [2.75, 3.05) is 7.05 Å². The maximum absolute atomic E-state index is 11.3. The fourth-order valence-corrected chi connectivity index (χ4v) is 1.79. The van der Waals surface area contributed by atoms with E-state index in [9.17, 15) is 4.79 Å². The Hall–Kier alpha value is -0.570. The molecular formula is C8H16N2O. The summed E-state index contributed by atoms with van der Waals surface area (Å²) in [6.45, 7) is 1.98. The topological polar surface area (TPSA) is 55.1 Å². The largest absolute Gasteiger partial charge is 0.359 e. The molecule has 0 aliphatic heterocycles. The minimum atomic E-state index is -0.200. The van der Waals surface area contributed by atoms with Gasteiger partial charge in [-0.25, -0.2) is 0 Å². The van der Waals surface area contributed by atoms with Crippen LogP contribution in [0.5, 0.6) is 0 Å². The van der Waals surface area contributed by atoms with E-state index in [1.54, 1.807) is 7.05 Å². The molecule has 1 rings (SSSR count). The first-order valence-electron chi connectivity index (χ1n) is 4.06. The Morgan fingerprint density at radius 3 is 2.73 bits per heavy atom. The summed E-state index contributed by atoms with van der Waals surface area (Å²) in [5.41, 5.74) is 5.52. The van der Waals surface area contributed by atoms with Crippen LogP contribution in [-0.2, 0) is 4.79 Å². The van der Waals surface area contributed by atoms with Gasteiger partial charge in [-0.15, -0.1) is 0 Å². The molecule has 1 aliphatic carbocycles. The van der Waals surface area contributed by atoms with Crippen molar-refractivity contribution in [2.24, 2.45) is 11.1 Å². The predicted octanol–water partition coefficient (Wildman–Crippen LogP) is 0.250. The Balaban J connectivity index is 2.61. The van der Waals surface area contributed by atoms with E-state index >= 15 is 0 Å². The first-order valence-corrected chi connectivity index (χ1v) is 4.06. The molecule has 64 valence electrons. The highest BCUT2D eigenvalue weighted by Crippen LogP contribution is 2.36. The van der Waals surface area contributed by atoms with E-state index in [0.29, 0.717) is 0 Å². The van der Waals surface area contributed by atoms with Crippen LogP contribution in [0.4, 0.5) is 0 Å². The van der Waals surface area contributed by atoms with Crippen molar-refractivity contribution < 1.29 is 4.79 Å². The molecule has 0 saturated heterocycles. The molecule has 1 aliphatic rings. The average molecular weight is 156 g/mol. The quantitative estimate of drug-likeness (QED) is 0.571. The maximum atomic E-state index is 11.3. The van der Waals surface area contributed by atoms with Crippen LogP contribution in [0.2, 0.25) is 0 Å². The molecule has 1 fully saturated rings. The van der Waals surface area contributed by atoms with E-state index in [0.717, 1.165) is 19.3 Å². The Labute approximate surface area is 67.3 Å². The van der Waals surface area contributed by atoms with Gasteiger partial charge >= 0.3 is 0 Å². The van der Waals surface area contributed by atoms with Gasteiger partial charge in [-0.3, -0.25) is 4.79 Å². The zero-order valence-electron chi connectivity index (χ0n) is 7.18. The zero-order valence-corrected chi connectivity index (χ0v) is 7.18.